The minimum absolute atomic E-state index is 0.0214. The molecule has 9 heteroatoms. The molecule has 0 spiro atoms. The first-order valence-electron chi connectivity index (χ1n) is 10.4. The van der Waals surface area contributed by atoms with Crippen molar-refractivity contribution in [1.82, 2.24) is 20.3 Å². The third-order valence-electron chi connectivity index (χ3n) is 5.54. The van der Waals surface area contributed by atoms with Crippen LogP contribution in [0.15, 0.2) is 55.0 Å². The first-order chi connectivity index (χ1) is 15.5. The first kappa shape index (κ1) is 21.8. The largest absolute Gasteiger partial charge is 0.495 e. The van der Waals surface area contributed by atoms with E-state index in [1.807, 2.05) is 31.5 Å². The Balaban J connectivity index is 1.51. The van der Waals surface area contributed by atoms with E-state index in [1.54, 1.807) is 37.6 Å². The Labute approximate surface area is 192 Å². The van der Waals surface area contributed by atoms with Crippen LogP contribution in [0.1, 0.15) is 23.9 Å². The SMILES string of the molecule is COc1ccc(C2CN(c3cnc(C)nc3)CCC2NC(=O)Nc2ccc(Cl)cc2)nc1. The number of benzene rings is 1. The van der Waals surface area contributed by atoms with Crippen molar-refractivity contribution in [3.05, 3.63) is 71.5 Å². The van der Waals surface area contributed by atoms with Crippen LogP contribution in [0.25, 0.3) is 0 Å². The number of carbonyl (C=O) groups excluding carboxylic acids is 1. The van der Waals surface area contributed by atoms with Gasteiger partial charge in [-0.25, -0.2) is 14.8 Å². The van der Waals surface area contributed by atoms with Crippen LogP contribution < -0.4 is 20.3 Å². The third-order valence-corrected chi connectivity index (χ3v) is 5.79. The molecule has 4 rings (SSSR count). The number of methoxy groups -OCH3 is 1. The van der Waals surface area contributed by atoms with Gasteiger partial charge in [-0.15, -0.1) is 0 Å². The summed E-state index contributed by atoms with van der Waals surface area (Å²) in [5.41, 5.74) is 2.53. The van der Waals surface area contributed by atoms with Gasteiger partial charge in [-0.3, -0.25) is 4.98 Å². The van der Waals surface area contributed by atoms with E-state index >= 15 is 0 Å². The standard InChI is InChI=1S/C23H25ClN6O2/c1-15-25-11-18(12-26-15)30-10-9-22(20(14-30)21-8-7-19(32-2)13-27-21)29-23(31)28-17-5-3-16(24)4-6-17/h3-8,11-13,20,22H,9-10,14H2,1-2H3,(H2,28,29,31). The van der Waals surface area contributed by atoms with Gasteiger partial charge < -0.3 is 20.3 Å². The summed E-state index contributed by atoms with van der Waals surface area (Å²) in [6, 6.07) is 10.5. The van der Waals surface area contributed by atoms with Crippen molar-refractivity contribution in [2.75, 3.05) is 30.4 Å². The maximum absolute atomic E-state index is 12.7. The summed E-state index contributed by atoms with van der Waals surface area (Å²) in [7, 11) is 1.61. The minimum atomic E-state index is -0.261. The van der Waals surface area contributed by atoms with Crippen LogP contribution in [-0.2, 0) is 0 Å². The van der Waals surface area contributed by atoms with Gasteiger partial charge in [0.1, 0.15) is 11.6 Å². The number of urea groups is 1. The second-order valence-corrected chi connectivity index (χ2v) is 8.10. The molecule has 8 nitrogen and oxygen atoms in total. The van der Waals surface area contributed by atoms with Crippen molar-refractivity contribution in [2.24, 2.45) is 0 Å². The zero-order chi connectivity index (χ0) is 22.5. The lowest BCUT2D eigenvalue weighted by Crippen LogP contribution is -2.51. The van der Waals surface area contributed by atoms with Gasteiger partial charge in [0.05, 0.1) is 31.4 Å². The van der Waals surface area contributed by atoms with Crippen LogP contribution in [0.5, 0.6) is 5.75 Å². The predicted octanol–water partition coefficient (Wildman–Crippen LogP) is 4.03. The van der Waals surface area contributed by atoms with E-state index < -0.39 is 0 Å². The Bertz CT molecular complexity index is 1040. The number of piperidine rings is 1. The average molecular weight is 453 g/mol. The molecule has 32 heavy (non-hydrogen) atoms. The zero-order valence-electron chi connectivity index (χ0n) is 18.0. The summed E-state index contributed by atoms with van der Waals surface area (Å²) < 4.78 is 5.25. The smallest absolute Gasteiger partial charge is 0.319 e. The molecular weight excluding hydrogens is 428 g/mol. The number of halogens is 1. The fraction of sp³-hybridized carbons (Fsp3) is 0.304. The number of carbonyl (C=O) groups is 1. The Morgan fingerprint density at radius 1 is 1.09 bits per heavy atom. The van der Waals surface area contributed by atoms with Crippen LogP contribution in [0.2, 0.25) is 5.02 Å². The van der Waals surface area contributed by atoms with Gasteiger partial charge in [0.25, 0.3) is 0 Å². The molecule has 0 aliphatic carbocycles. The molecule has 0 saturated carbocycles. The molecule has 2 atom stereocenters. The quantitative estimate of drug-likeness (QED) is 0.607. The average Bonchev–Trinajstić information content (AvgIpc) is 2.81. The van der Waals surface area contributed by atoms with E-state index in [4.69, 9.17) is 16.3 Å². The lowest BCUT2D eigenvalue weighted by Gasteiger charge is -2.39. The third kappa shape index (κ3) is 5.26. The zero-order valence-corrected chi connectivity index (χ0v) is 18.7. The first-order valence-corrected chi connectivity index (χ1v) is 10.8. The Hall–Kier alpha value is -3.39. The summed E-state index contributed by atoms with van der Waals surface area (Å²) in [5.74, 6) is 1.41. The number of nitrogens with zero attached hydrogens (tertiary/aromatic N) is 4. The van der Waals surface area contributed by atoms with E-state index in [1.165, 1.54) is 0 Å². The number of anilines is 2. The molecule has 2 aromatic heterocycles. The van der Waals surface area contributed by atoms with Crippen molar-refractivity contribution in [3.63, 3.8) is 0 Å². The molecule has 1 saturated heterocycles. The van der Waals surface area contributed by atoms with E-state index in [-0.39, 0.29) is 18.0 Å². The topological polar surface area (TPSA) is 92.3 Å². The van der Waals surface area contributed by atoms with Gasteiger partial charge >= 0.3 is 6.03 Å². The van der Waals surface area contributed by atoms with Crippen molar-refractivity contribution < 1.29 is 9.53 Å². The van der Waals surface area contributed by atoms with Gasteiger partial charge in [-0.05, 0) is 49.7 Å². The van der Waals surface area contributed by atoms with Crippen molar-refractivity contribution >= 4 is 29.0 Å². The molecule has 3 heterocycles. The van der Waals surface area contributed by atoms with Crippen LogP contribution in [0.4, 0.5) is 16.2 Å². The maximum atomic E-state index is 12.7. The van der Waals surface area contributed by atoms with Crippen LogP contribution in [0, 0.1) is 6.92 Å². The molecule has 0 bridgehead atoms. The molecule has 1 aliphatic heterocycles. The van der Waals surface area contributed by atoms with Crippen LogP contribution in [0.3, 0.4) is 0 Å². The highest BCUT2D eigenvalue weighted by Gasteiger charge is 2.33. The number of amides is 2. The fourth-order valence-corrected chi connectivity index (χ4v) is 3.93. The van der Waals surface area contributed by atoms with E-state index in [2.05, 4.69) is 30.5 Å². The van der Waals surface area contributed by atoms with Gasteiger partial charge in [0, 0.05) is 41.5 Å². The number of pyridine rings is 1. The summed E-state index contributed by atoms with van der Waals surface area (Å²) in [6.45, 7) is 3.31. The second-order valence-electron chi connectivity index (χ2n) is 7.66. The fourth-order valence-electron chi connectivity index (χ4n) is 3.81. The number of nitrogens with one attached hydrogen (secondary N) is 2. The molecule has 1 aromatic carbocycles. The van der Waals surface area contributed by atoms with Crippen molar-refractivity contribution in [2.45, 2.75) is 25.3 Å². The van der Waals surface area contributed by atoms with E-state index in [0.717, 1.165) is 30.2 Å². The Morgan fingerprint density at radius 3 is 2.50 bits per heavy atom. The summed E-state index contributed by atoms with van der Waals surface area (Å²) in [5, 5.41) is 6.62. The Kier molecular flexibility index (Phi) is 6.70. The van der Waals surface area contributed by atoms with E-state index in [0.29, 0.717) is 23.0 Å². The molecule has 2 amide bonds. The van der Waals surface area contributed by atoms with Gasteiger partial charge in [0.15, 0.2) is 0 Å². The van der Waals surface area contributed by atoms with Crippen LogP contribution in [-0.4, -0.2) is 47.2 Å². The summed E-state index contributed by atoms with van der Waals surface area (Å²) in [6.07, 6.45) is 6.12. The number of rotatable bonds is 5. The highest BCUT2D eigenvalue weighted by atomic mass is 35.5. The van der Waals surface area contributed by atoms with Gasteiger partial charge in [-0.1, -0.05) is 11.6 Å². The number of aryl methyl sites for hydroxylation is 1. The normalized spacial score (nSPS) is 18.2. The monoisotopic (exact) mass is 452 g/mol. The molecular formula is C23H25ClN6O2. The van der Waals surface area contributed by atoms with Gasteiger partial charge in [0.2, 0.25) is 0 Å². The second kappa shape index (κ2) is 9.82. The molecule has 3 aromatic rings. The van der Waals surface area contributed by atoms with Crippen molar-refractivity contribution in [1.29, 1.82) is 0 Å². The van der Waals surface area contributed by atoms with Crippen molar-refractivity contribution in [3.8, 4) is 5.75 Å². The molecule has 2 N–H and O–H groups in total. The number of aromatic nitrogens is 3. The Morgan fingerprint density at radius 2 is 1.84 bits per heavy atom. The molecule has 1 aliphatic rings. The highest BCUT2D eigenvalue weighted by Crippen LogP contribution is 2.30. The van der Waals surface area contributed by atoms with E-state index in [9.17, 15) is 4.79 Å². The molecule has 0 radical (unpaired) electrons. The maximum Gasteiger partial charge on any atom is 0.319 e. The molecule has 2 unspecified atom stereocenters. The van der Waals surface area contributed by atoms with Gasteiger partial charge in [-0.2, -0.15) is 0 Å². The number of hydrogen-bond acceptors (Lipinski definition) is 6. The van der Waals surface area contributed by atoms with Crippen LogP contribution >= 0.6 is 11.6 Å². The summed E-state index contributed by atoms with van der Waals surface area (Å²) in [4.78, 5) is 28.2. The highest BCUT2D eigenvalue weighted by molar-refractivity contribution is 6.30. The predicted molar refractivity (Wildman–Crippen MR) is 125 cm³/mol. The lowest BCUT2D eigenvalue weighted by molar-refractivity contribution is 0.243. The number of ether oxygens (including phenoxy) is 1. The summed E-state index contributed by atoms with van der Waals surface area (Å²) >= 11 is 5.93. The molecule has 166 valence electrons. The minimum Gasteiger partial charge on any atom is -0.495 e. The molecule has 1 fully saturated rings. The lowest BCUT2D eigenvalue weighted by atomic mass is 9.88. The number of hydrogen-bond donors (Lipinski definition) is 2.